The van der Waals surface area contributed by atoms with Crippen LogP contribution in [0.3, 0.4) is 0 Å². The fraction of sp³-hybridized carbons (Fsp3) is 0.923. The van der Waals surface area contributed by atoms with E-state index in [1.807, 2.05) is 6.92 Å². The van der Waals surface area contributed by atoms with Crippen LogP contribution in [-0.4, -0.2) is 31.8 Å². The van der Waals surface area contributed by atoms with Gasteiger partial charge >= 0.3 is 6.18 Å². The fourth-order valence-electron chi connectivity index (χ4n) is 2.45. The monoisotopic (exact) mass is 277 g/mol. The van der Waals surface area contributed by atoms with E-state index in [0.29, 0.717) is 17.9 Å². The number of hydrogen-bond donors (Lipinski definition) is 2. The highest BCUT2D eigenvalue weighted by molar-refractivity contribution is 5.79. The van der Waals surface area contributed by atoms with E-state index in [9.17, 15) is 13.2 Å². The third-order valence-corrected chi connectivity index (χ3v) is 3.93. The summed E-state index contributed by atoms with van der Waals surface area (Å²) in [6.45, 7) is 3.20. The minimum absolute atomic E-state index is 0.119. The molecule has 6 heteroatoms. The Bertz CT molecular complexity index is 331. The van der Waals surface area contributed by atoms with Crippen LogP contribution in [0.1, 0.15) is 39.0 Å². The number of rotatable bonds is 6. The number of hydrogen-bond acceptors (Lipinski definition) is 1. The Morgan fingerprint density at radius 2 is 1.95 bits per heavy atom. The minimum atomic E-state index is -4.12. The quantitative estimate of drug-likeness (QED) is 0.578. The Morgan fingerprint density at radius 1 is 1.26 bits per heavy atom. The second-order valence-corrected chi connectivity index (χ2v) is 5.62. The molecular formula is C13H22F3N3. The van der Waals surface area contributed by atoms with Gasteiger partial charge < -0.3 is 10.6 Å². The van der Waals surface area contributed by atoms with Gasteiger partial charge in [0.2, 0.25) is 0 Å². The first kappa shape index (κ1) is 14.5. The van der Waals surface area contributed by atoms with Gasteiger partial charge in [0.25, 0.3) is 0 Å². The summed E-state index contributed by atoms with van der Waals surface area (Å²) in [6.07, 6.45) is 0.106. The van der Waals surface area contributed by atoms with Gasteiger partial charge in [-0.05, 0) is 43.9 Å². The molecule has 2 aliphatic rings. The Hall–Kier alpha value is -0.940. The smallest absolute Gasteiger partial charge is 0.357 e. The largest absolute Gasteiger partial charge is 0.390 e. The van der Waals surface area contributed by atoms with Gasteiger partial charge in [-0.25, -0.2) is 0 Å². The molecule has 0 heterocycles. The average molecular weight is 277 g/mol. The van der Waals surface area contributed by atoms with E-state index in [1.54, 1.807) is 0 Å². The molecule has 0 atom stereocenters. The third kappa shape index (κ3) is 4.58. The second-order valence-electron chi connectivity index (χ2n) is 5.62. The molecule has 0 aromatic heterocycles. The Balaban J connectivity index is 1.77. The van der Waals surface area contributed by atoms with Crippen molar-refractivity contribution in [1.29, 1.82) is 0 Å². The predicted molar refractivity (Wildman–Crippen MR) is 69.0 cm³/mol. The standard InChI is InChI=1S/C13H22F3N3/c1-2-17-11(18-8-7-13(14,15)16)19-9-12(5-6-12)10-3-4-10/h10H,2-9H2,1H3,(H2,17,18,19). The van der Waals surface area contributed by atoms with Gasteiger partial charge in [0.05, 0.1) is 6.42 Å². The number of alkyl halides is 3. The second kappa shape index (κ2) is 5.59. The zero-order chi connectivity index (χ0) is 13.9. The molecule has 2 N–H and O–H groups in total. The molecular weight excluding hydrogens is 255 g/mol. The molecule has 2 fully saturated rings. The molecule has 0 spiro atoms. The predicted octanol–water partition coefficient (Wildman–Crippen LogP) is 2.68. The van der Waals surface area contributed by atoms with Gasteiger partial charge in [-0.3, -0.25) is 4.99 Å². The van der Waals surface area contributed by atoms with Gasteiger partial charge in [0.1, 0.15) is 0 Å². The topological polar surface area (TPSA) is 36.4 Å². The Labute approximate surface area is 112 Å². The zero-order valence-electron chi connectivity index (χ0n) is 11.3. The lowest BCUT2D eigenvalue weighted by Gasteiger charge is -2.15. The van der Waals surface area contributed by atoms with E-state index in [4.69, 9.17) is 0 Å². The van der Waals surface area contributed by atoms with E-state index < -0.39 is 12.6 Å². The van der Waals surface area contributed by atoms with Crippen LogP contribution in [0.5, 0.6) is 0 Å². The molecule has 110 valence electrons. The van der Waals surface area contributed by atoms with Gasteiger partial charge in [-0.1, -0.05) is 0 Å². The first-order chi connectivity index (χ1) is 8.95. The van der Waals surface area contributed by atoms with Crippen LogP contribution in [0.25, 0.3) is 0 Å². The highest BCUT2D eigenvalue weighted by Crippen LogP contribution is 2.61. The molecule has 0 aromatic rings. The first-order valence-electron chi connectivity index (χ1n) is 7.04. The summed E-state index contributed by atoms with van der Waals surface area (Å²) < 4.78 is 36.3. The first-order valence-corrected chi connectivity index (χ1v) is 7.04. The third-order valence-electron chi connectivity index (χ3n) is 3.93. The zero-order valence-corrected chi connectivity index (χ0v) is 11.3. The maximum Gasteiger partial charge on any atom is 0.390 e. The van der Waals surface area contributed by atoms with Crippen molar-refractivity contribution < 1.29 is 13.2 Å². The number of aliphatic imine (C=N–C) groups is 1. The van der Waals surface area contributed by atoms with Crippen LogP contribution in [0.4, 0.5) is 13.2 Å². The van der Waals surface area contributed by atoms with E-state index in [2.05, 4.69) is 15.6 Å². The van der Waals surface area contributed by atoms with E-state index in [1.165, 1.54) is 25.7 Å². The number of nitrogens with one attached hydrogen (secondary N) is 2. The van der Waals surface area contributed by atoms with Crippen molar-refractivity contribution in [3.63, 3.8) is 0 Å². The van der Waals surface area contributed by atoms with Crippen LogP contribution in [-0.2, 0) is 0 Å². The lowest BCUT2D eigenvalue weighted by atomic mass is 10.0. The summed E-state index contributed by atoms with van der Waals surface area (Å²) in [5.41, 5.74) is 0.381. The number of guanidine groups is 1. The summed E-state index contributed by atoms with van der Waals surface area (Å²) in [5, 5.41) is 5.76. The van der Waals surface area contributed by atoms with Crippen molar-refractivity contribution in [2.75, 3.05) is 19.6 Å². The van der Waals surface area contributed by atoms with Gasteiger partial charge in [-0.15, -0.1) is 0 Å². The summed E-state index contributed by atoms with van der Waals surface area (Å²) in [7, 11) is 0. The molecule has 19 heavy (non-hydrogen) atoms. The fourth-order valence-corrected chi connectivity index (χ4v) is 2.45. The molecule has 0 aliphatic heterocycles. The number of nitrogens with zero attached hydrogens (tertiary/aromatic N) is 1. The van der Waals surface area contributed by atoms with Gasteiger partial charge in [0, 0.05) is 19.6 Å². The number of halogens is 3. The van der Waals surface area contributed by atoms with E-state index in [-0.39, 0.29) is 6.54 Å². The molecule has 0 bridgehead atoms. The van der Waals surface area contributed by atoms with Crippen LogP contribution < -0.4 is 10.6 Å². The van der Waals surface area contributed by atoms with Crippen LogP contribution in [0.2, 0.25) is 0 Å². The maximum absolute atomic E-state index is 12.1. The molecule has 0 amide bonds. The molecule has 0 unspecified atom stereocenters. The Morgan fingerprint density at radius 3 is 2.42 bits per heavy atom. The van der Waals surface area contributed by atoms with Crippen molar-refractivity contribution in [2.24, 2.45) is 16.3 Å². The SMILES string of the molecule is CCNC(=NCC1(C2CC2)CC1)NCCC(F)(F)F. The van der Waals surface area contributed by atoms with Crippen molar-refractivity contribution in [1.82, 2.24) is 10.6 Å². The average Bonchev–Trinajstić information content (AvgIpc) is 3.14. The van der Waals surface area contributed by atoms with Crippen LogP contribution in [0.15, 0.2) is 4.99 Å². The highest BCUT2D eigenvalue weighted by atomic mass is 19.4. The summed E-state index contributed by atoms with van der Waals surface area (Å²) >= 11 is 0. The molecule has 3 nitrogen and oxygen atoms in total. The van der Waals surface area contributed by atoms with Crippen LogP contribution >= 0.6 is 0 Å². The maximum atomic E-state index is 12.1. The van der Waals surface area contributed by atoms with E-state index >= 15 is 0 Å². The molecule has 2 aliphatic carbocycles. The van der Waals surface area contributed by atoms with E-state index in [0.717, 1.165) is 12.5 Å². The van der Waals surface area contributed by atoms with Gasteiger partial charge in [0.15, 0.2) is 5.96 Å². The molecule has 2 rings (SSSR count). The molecule has 0 saturated heterocycles. The minimum Gasteiger partial charge on any atom is -0.357 e. The summed E-state index contributed by atoms with van der Waals surface area (Å²) in [4.78, 5) is 4.46. The molecule has 2 saturated carbocycles. The van der Waals surface area contributed by atoms with Crippen molar-refractivity contribution in [3.8, 4) is 0 Å². The van der Waals surface area contributed by atoms with Crippen molar-refractivity contribution in [3.05, 3.63) is 0 Å². The Kier molecular flexibility index (Phi) is 4.26. The molecule has 0 aromatic carbocycles. The summed E-state index contributed by atoms with van der Waals surface area (Å²) in [5.74, 6) is 1.33. The molecule has 0 radical (unpaired) electrons. The van der Waals surface area contributed by atoms with Crippen molar-refractivity contribution in [2.45, 2.75) is 45.2 Å². The highest BCUT2D eigenvalue weighted by Gasteiger charge is 2.53. The lowest BCUT2D eigenvalue weighted by molar-refractivity contribution is -0.132. The van der Waals surface area contributed by atoms with Crippen molar-refractivity contribution >= 4 is 5.96 Å². The lowest BCUT2D eigenvalue weighted by Crippen LogP contribution is -2.39. The summed E-state index contributed by atoms with van der Waals surface area (Å²) in [6, 6.07) is 0. The van der Waals surface area contributed by atoms with Crippen LogP contribution in [0, 0.1) is 11.3 Å². The van der Waals surface area contributed by atoms with Gasteiger partial charge in [-0.2, -0.15) is 13.2 Å². The normalized spacial score (nSPS) is 22.2.